The van der Waals surface area contributed by atoms with E-state index in [4.69, 9.17) is 0 Å². The van der Waals surface area contributed by atoms with Gasteiger partial charge in [-0.1, -0.05) is 0 Å². The summed E-state index contributed by atoms with van der Waals surface area (Å²) in [5, 5.41) is 9.06. The van der Waals surface area contributed by atoms with Crippen molar-refractivity contribution < 1.29 is 4.79 Å². The Morgan fingerprint density at radius 1 is 1.46 bits per heavy atom. The Labute approximate surface area is 85.3 Å². The second-order valence-electron chi connectivity index (χ2n) is 3.12. The molecule has 1 amide bonds. The van der Waals surface area contributed by atoms with Crippen LogP contribution in [0.1, 0.15) is 12.8 Å². The lowest BCUT2D eigenvalue weighted by atomic mass is 10.1. The van der Waals surface area contributed by atoms with E-state index in [1.807, 2.05) is 0 Å². The average Bonchev–Trinajstić information content (AvgIpc) is 2.06. The van der Waals surface area contributed by atoms with E-state index >= 15 is 0 Å². The van der Waals surface area contributed by atoms with Gasteiger partial charge in [0, 0.05) is 6.04 Å². The summed E-state index contributed by atoms with van der Waals surface area (Å²) in [7, 11) is 1.78. The van der Waals surface area contributed by atoms with Gasteiger partial charge in [-0.15, -0.1) is 12.4 Å². The third kappa shape index (κ3) is 5.08. The zero-order valence-electron chi connectivity index (χ0n) is 7.93. The molecule has 0 spiro atoms. The zero-order chi connectivity index (χ0) is 8.81. The van der Waals surface area contributed by atoms with Crippen molar-refractivity contribution in [1.82, 2.24) is 16.0 Å². The third-order valence-electron chi connectivity index (χ3n) is 2.04. The SMILES string of the molecule is CNCC(=O)NC1CCNCC1.Cl. The zero-order valence-corrected chi connectivity index (χ0v) is 8.75. The number of piperidine rings is 1. The van der Waals surface area contributed by atoms with E-state index < -0.39 is 0 Å². The molecule has 0 saturated carbocycles. The average molecular weight is 208 g/mol. The van der Waals surface area contributed by atoms with Crippen LogP contribution < -0.4 is 16.0 Å². The van der Waals surface area contributed by atoms with Crippen LogP contribution in [-0.4, -0.2) is 38.6 Å². The first-order valence-corrected chi connectivity index (χ1v) is 4.47. The normalized spacial score (nSPS) is 17.6. The van der Waals surface area contributed by atoms with Gasteiger partial charge in [0.2, 0.25) is 5.91 Å². The summed E-state index contributed by atoms with van der Waals surface area (Å²) in [6, 6.07) is 0.382. The monoisotopic (exact) mass is 207 g/mol. The lowest BCUT2D eigenvalue weighted by molar-refractivity contribution is -0.121. The quantitative estimate of drug-likeness (QED) is 0.585. The molecule has 1 fully saturated rings. The summed E-state index contributed by atoms with van der Waals surface area (Å²) in [6.07, 6.45) is 2.10. The predicted octanol–water partition coefficient (Wildman–Crippen LogP) is -0.504. The number of nitrogens with one attached hydrogen (secondary N) is 3. The topological polar surface area (TPSA) is 53.2 Å². The minimum atomic E-state index is 0. The third-order valence-corrected chi connectivity index (χ3v) is 2.04. The molecule has 0 atom stereocenters. The molecular formula is C8H18ClN3O. The Morgan fingerprint density at radius 3 is 2.62 bits per heavy atom. The first-order valence-electron chi connectivity index (χ1n) is 4.47. The van der Waals surface area contributed by atoms with Gasteiger partial charge in [-0.2, -0.15) is 0 Å². The van der Waals surface area contributed by atoms with Crippen LogP contribution in [-0.2, 0) is 4.79 Å². The fourth-order valence-corrected chi connectivity index (χ4v) is 1.41. The molecule has 13 heavy (non-hydrogen) atoms. The smallest absolute Gasteiger partial charge is 0.234 e. The van der Waals surface area contributed by atoms with E-state index in [0.717, 1.165) is 25.9 Å². The molecule has 1 heterocycles. The van der Waals surface area contributed by atoms with Crippen LogP contribution in [0.25, 0.3) is 0 Å². The van der Waals surface area contributed by atoms with Gasteiger partial charge in [-0.25, -0.2) is 0 Å². The Kier molecular flexibility index (Phi) is 6.94. The van der Waals surface area contributed by atoms with Crippen LogP contribution >= 0.6 is 12.4 Å². The fraction of sp³-hybridized carbons (Fsp3) is 0.875. The Bertz CT molecular complexity index is 148. The van der Waals surface area contributed by atoms with Gasteiger partial charge in [0.1, 0.15) is 0 Å². The van der Waals surface area contributed by atoms with Gasteiger partial charge in [0.15, 0.2) is 0 Å². The molecule has 0 unspecified atom stereocenters. The maximum Gasteiger partial charge on any atom is 0.234 e. The number of amides is 1. The molecule has 5 heteroatoms. The van der Waals surface area contributed by atoms with Crippen LogP contribution in [0, 0.1) is 0 Å². The fourth-order valence-electron chi connectivity index (χ4n) is 1.41. The van der Waals surface area contributed by atoms with Crippen molar-refractivity contribution in [3.8, 4) is 0 Å². The number of carbonyl (C=O) groups excluding carboxylic acids is 1. The van der Waals surface area contributed by atoms with Crippen LogP contribution in [0.15, 0.2) is 0 Å². The van der Waals surface area contributed by atoms with Crippen molar-refractivity contribution in [2.75, 3.05) is 26.7 Å². The summed E-state index contributed by atoms with van der Waals surface area (Å²) >= 11 is 0. The largest absolute Gasteiger partial charge is 0.352 e. The molecule has 0 aromatic carbocycles. The predicted molar refractivity (Wildman–Crippen MR) is 55.2 cm³/mol. The van der Waals surface area contributed by atoms with Gasteiger partial charge in [0.05, 0.1) is 6.54 Å². The number of carbonyl (C=O) groups is 1. The lowest BCUT2D eigenvalue weighted by Crippen LogP contribution is -2.45. The molecule has 0 radical (unpaired) electrons. The van der Waals surface area contributed by atoms with Crippen molar-refractivity contribution in [3.63, 3.8) is 0 Å². The van der Waals surface area contributed by atoms with Crippen molar-refractivity contribution in [2.24, 2.45) is 0 Å². The number of rotatable bonds is 3. The summed E-state index contributed by atoms with van der Waals surface area (Å²) < 4.78 is 0. The Balaban J connectivity index is 0.00000144. The molecule has 0 aromatic rings. The van der Waals surface area contributed by atoms with Crippen LogP contribution in [0.3, 0.4) is 0 Å². The summed E-state index contributed by atoms with van der Waals surface area (Å²) in [5.41, 5.74) is 0. The highest BCUT2D eigenvalue weighted by Crippen LogP contribution is 2.00. The van der Waals surface area contributed by atoms with Crippen molar-refractivity contribution in [3.05, 3.63) is 0 Å². The second-order valence-corrected chi connectivity index (χ2v) is 3.12. The van der Waals surface area contributed by atoms with E-state index in [1.54, 1.807) is 7.05 Å². The maximum atomic E-state index is 11.1. The number of hydrogen-bond acceptors (Lipinski definition) is 3. The molecule has 1 rings (SSSR count). The lowest BCUT2D eigenvalue weighted by Gasteiger charge is -2.23. The first kappa shape index (κ1) is 12.7. The number of likely N-dealkylation sites (N-methyl/N-ethyl adjacent to an activating group) is 1. The van der Waals surface area contributed by atoms with E-state index in [2.05, 4.69) is 16.0 Å². The van der Waals surface area contributed by atoms with Crippen molar-refractivity contribution in [1.29, 1.82) is 0 Å². The summed E-state index contributed by atoms with van der Waals surface area (Å²) in [4.78, 5) is 11.1. The van der Waals surface area contributed by atoms with E-state index in [1.165, 1.54) is 0 Å². The minimum absolute atomic E-state index is 0. The van der Waals surface area contributed by atoms with Gasteiger partial charge in [-0.05, 0) is 33.0 Å². The highest BCUT2D eigenvalue weighted by molar-refractivity contribution is 5.85. The van der Waals surface area contributed by atoms with Crippen molar-refractivity contribution >= 4 is 18.3 Å². The Morgan fingerprint density at radius 2 is 2.08 bits per heavy atom. The first-order chi connectivity index (χ1) is 5.83. The Hall–Kier alpha value is -0.320. The molecule has 0 aromatic heterocycles. The highest BCUT2D eigenvalue weighted by Gasteiger charge is 2.14. The van der Waals surface area contributed by atoms with Crippen LogP contribution in [0.5, 0.6) is 0 Å². The van der Waals surface area contributed by atoms with Crippen LogP contribution in [0.2, 0.25) is 0 Å². The second kappa shape index (κ2) is 7.12. The summed E-state index contributed by atoms with van der Waals surface area (Å²) in [6.45, 7) is 2.46. The maximum absolute atomic E-state index is 11.1. The highest BCUT2D eigenvalue weighted by atomic mass is 35.5. The van der Waals surface area contributed by atoms with Crippen LogP contribution in [0.4, 0.5) is 0 Å². The number of halogens is 1. The molecule has 0 aliphatic carbocycles. The van der Waals surface area contributed by atoms with Gasteiger partial charge >= 0.3 is 0 Å². The van der Waals surface area contributed by atoms with Gasteiger partial charge in [0.25, 0.3) is 0 Å². The molecule has 0 bridgehead atoms. The van der Waals surface area contributed by atoms with E-state index in [-0.39, 0.29) is 18.3 Å². The molecule has 78 valence electrons. The minimum Gasteiger partial charge on any atom is -0.352 e. The molecule has 4 nitrogen and oxygen atoms in total. The van der Waals surface area contributed by atoms with Gasteiger partial charge < -0.3 is 16.0 Å². The van der Waals surface area contributed by atoms with E-state index in [9.17, 15) is 4.79 Å². The standard InChI is InChI=1S/C8H17N3O.ClH/c1-9-6-8(12)11-7-2-4-10-5-3-7;/h7,9-10H,2-6H2,1H3,(H,11,12);1H. The van der Waals surface area contributed by atoms with E-state index in [0.29, 0.717) is 12.6 Å². The molecular weight excluding hydrogens is 190 g/mol. The van der Waals surface area contributed by atoms with Gasteiger partial charge in [-0.3, -0.25) is 4.79 Å². The molecule has 3 N–H and O–H groups in total. The molecule has 1 aliphatic heterocycles. The summed E-state index contributed by atoms with van der Waals surface area (Å²) in [5.74, 6) is 0.101. The number of hydrogen-bond donors (Lipinski definition) is 3. The molecule has 1 aliphatic rings. The van der Waals surface area contributed by atoms with Crippen molar-refractivity contribution in [2.45, 2.75) is 18.9 Å². The molecule has 1 saturated heterocycles.